The van der Waals surface area contributed by atoms with Crippen LogP contribution in [0.4, 0.5) is 0 Å². The molecule has 0 radical (unpaired) electrons. The van der Waals surface area contributed by atoms with E-state index < -0.39 is 0 Å². The van der Waals surface area contributed by atoms with Crippen LogP contribution in [-0.2, 0) is 0 Å². The van der Waals surface area contributed by atoms with Crippen LogP contribution in [0.1, 0.15) is 24.2 Å². The van der Waals surface area contributed by atoms with Gasteiger partial charge in [0.2, 0.25) is 0 Å². The fourth-order valence-corrected chi connectivity index (χ4v) is 1.75. The molecule has 1 rings (SSSR count). The second-order valence-corrected chi connectivity index (χ2v) is 5.08. The van der Waals surface area contributed by atoms with Crippen LogP contribution in [0.5, 0.6) is 5.75 Å². The molecular weight excluding hydrogens is 208 g/mol. The third kappa shape index (κ3) is 3.96. The zero-order valence-corrected chi connectivity index (χ0v) is 10.1. The molecular formula is C12H16O2S. The molecule has 0 spiro atoms. The second-order valence-electron chi connectivity index (χ2n) is 3.51. The summed E-state index contributed by atoms with van der Waals surface area (Å²) in [5, 5.41) is 0.493. The maximum absolute atomic E-state index is 11.7. The number of carbonyl (C=O) groups is 1. The van der Waals surface area contributed by atoms with Crippen molar-refractivity contribution in [1.29, 1.82) is 0 Å². The Morgan fingerprint density at radius 2 is 1.93 bits per heavy atom. The van der Waals surface area contributed by atoms with Crippen LogP contribution in [-0.4, -0.2) is 23.9 Å². The Morgan fingerprint density at radius 1 is 1.33 bits per heavy atom. The Balaban J connectivity index is 2.58. The van der Waals surface area contributed by atoms with Crippen LogP contribution < -0.4 is 4.74 Å². The minimum atomic E-state index is 0.177. The fraction of sp³-hybridized carbons (Fsp3) is 0.417. The Bertz CT molecular complexity index is 317. The number of rotatable bonds is 5. The van der Waals surface area contributed by atoms with Gasteiger partial charge in [-0.3, -0.25) is 4.79 Å². The van der Waals surface area contributed by atoms with Crippen molar-refractivity contribution in [3.8, 4) is 5.75 Å². The lowest BCUT2D eigenvalue weighted by atomic mass is 10.1. The van der Waals surface area contributed by atoms with E-state index in [-0.39, 0.29) is 5.78 Å². The molecule has 0 saturated carbocycles. The lowest BCUT2D eigenvalue weighted by molar-refractivity contribution is 0.102. The summed E-state index contributed by atoms with van der Waals surface area (Å²) < 4.78 is 5.03. The topological polar surface area (TPSA) is 26.3 Å². The van der Waals surface area contributed by atoms with E-state index in [1.54, 1.807) is 18.9 Å². The summed E-state index contributed by atoms with van der Waals surface area (Å²) in [4.78, 5) is 11.7. The van der Waals surface area contributed by atoms with Crippen LogP contribution in [0.15, 0.2) is 24.3 Å². The standard InChI is InChI=1S/C12H16O2S/c1-9(2)15-8-12(13)10-4-6-11(14-3)7-5-10/h4-7,9H,8H2,1-3H3. The number of hydrogen-bond donors (Lipinski definition) is 0. The Hall–Kier alpha value is -0.960. The van der Waals surface area contributed by atoms with Gasteiger partial charge in [0.15, 0.2) is 5.78 Å². The number of ether oxygens (including phenoxy) is 1. The van der Waals surface area contributed by atoms with Gasteiger partial charge < -0.3 is 4.74 Å². The average Bonchev–Trinajstić information content (AvgIpc) is 2.26. The second kappa shape index (κ2) is 5.81. The third-order valence-electron chi connectivity index (χ3n) is 1.96. The van der Waals surface area contributed by atoms with E-state index in [0.29, 0.717) is 11.0 Å². The molecule has 0 aromatic heterocycles. The van der Waals surface area contributed by atoms with E-state index in [4.69, 9.17) is 4.74 Å². The van der Waals surface area contributed by atoms with E-state index >= 15 is 0 Å². The lowest BCUT2D eigenvalue weighted by Crippen LogP contribution is -2.04. The summed E-state index contributed by atoms with van der Waals surface area (Å²) >= 11 is 1.66. The maximum atomic E-state index is 11.7. The first-order chi connectivity index (χ1) is 7.13. The van der Waals surface area contributed by atoms with E-state index in [0.717, 1.165) is 11.3 Å². The first kappa shape index (κ1) is 12.1. The molecule has 0 atom stereocenters. The highest BCUT2D eigenvalue weighted by molar-refractivity contribution is 8.00. The zero-order chi connectivity index (χ0) is 11.3. The van der Waals surface area contributed by atoms with Crippen LogP contribution in [0, 0.1) is 0 Å². The Morgan fingerprint density at radius 3 is 2.40 bits per heavy atom. The van der Waals surface area contributed by atoms with Gasteiger partial charge in [0.1, 0.15) is 5.75 Å². The van der Waals surface area contributed by atoms with Crippen LogP contribution >= 0.6 is 11.8 Å². The molecule has 0 fully saturated rings. The summed E-state index contributed by atoms with van der Waals surface area (Å²) in [5.41, 5.74) is 0.754. The summed E-state index contributed by atoms with van der Waals surface area (Å²) in [6, 6.07) is 7.24. The molecule has 0 unspecified atom stereocenters. The molecule has 0 amide bonds. The molecule has 82 valence electrons. The van der Waals surface area contributed by atoms with Gasteiger partial charge >= 0.3 is 0 Å². The molecule has 3 heteroatoms. The first-order valence-electron chi connectivity index (χ1n) is 4.92. The molecule has 0 bridgehead atoms. The highest BCUT2D eigenvalue weighted by Gasteiger charge is 2.06. The quantitative estimate of drug-likeness (QED) is 0.719. The summed E-state index contributed by atoms with van der Waals surface area (Å²) in [6.45, 7) is 4.18. The predicted octanol–water partition coefficient (Wildman–Crippen LogP) is 3.02. The fourth-order valence-electron chi connectivity index (χ4n) is 1.10. The average molecular weight is 224 g/mol. The molecule has 0 heterocycles. The van der Waals surface area contributed by atoms with Crippen molar-refractivity contribution < 1.29 is 9.53 Å². The molecule has 0 aliphatic rings. The van der Waals surface area contributed by atoms with E-state index in [9.17, 15) is 4.79 Å². The molecule has 1 aromatic carbocycles. The zero-order valence-electron chi connectivity index (χ0n) is 9.32. The van der Waals surface area contributed by atoms with Crippen molar-refractivity contribution in [2.45, 2.75) is 19.1 Å². The number of methoxy groups -OCH3 is 1. The van der Waals surface area contributed by atoms with Gasteiger partial charge in [-0.2, -0.15) is 11.8 Å². The van der Waals surface area contributed by atoms with Crippen molar-refractivity contribution in [3.63, 3.8) is 0 Å². The van der Waals surface area contributed by atoms with Gasteiger partial charge in [0, 0.05) is 5.56 Å². The molecule has 0 aliphatic carbocycles. The number of carbonyl (C=O) groups excluding carboxylic acids is 1. The van der Waals surface area contributed by atoms with Crippen molar-refractivity contribution in [2.75, 3.05) is 12.9 Å². The van der Waals surface area contributed by atoms with Crippen molar-refractivity contribution >= 4 is 17.5 Å². The lowest BCUT2D eigenvalue weighted by Gasteiger charge is -2.04. The van der Waals surface area contributed by atoms with Crippen LogP contribution in [0.3, 0.4) is 0 Å². The minimum Gasteiger partial charge on any atom is -0.497 e. The first-order valence-corrected chi connectivity index (χ1v) is 5.97. The SMILES string of the molecule is COc1ccc(C(=O)CSC(C)C)cc1. The van der Waals surface area contributed by atoms with Crippen molar-refractivity contribution in [2.24, 2.45) is 0 Å². The van der Waals surface area contributed by atoms with Gasteiger partial charge in [-0.1, -0.05) is 13.8 Å². The maximum Gasteiger partial charge on any atom is 0.172 e. The molecule has 0 aliphatic heterocycles. The van der Waals surface area contributed by atoms with Gasteiger partial charge in [0.05, 0.1) is 12.9 Å². The van der Waals surface area contributed by atoms with E-state index in [1.807, 2.05) is 24.3 Å². The van der Waals surface area contributed by atoms with Gasteiger partial charge in [0.25, 0.3) is 0 Å². The van der Waals surface area contributed by atoms with E-state index in [1.165, 1.54) is 0 Å². The van der Waals surface area contributed by atoms with E-state index in [2.05, 4.69) is 13.8 Å². The number of thioether (sulfide) groups is 1. The van der Waals surface area contributed by atoms with Gasteiger partial charge in [-0.15, -0.1) is 0 Å². The number of ketones is 1. The van der Waals surface area contributed by atoms with Crippen LogP contribution in [0.2, 0.25) is 0 Å². The predicted molar refractivity (Wildman–Crippen MR) is 64.9 cm³/mol. The summed E-state index contributed by atoms with van der Waals surface area (Å²) in [7, 11) is 1.62. The smallest absolute Gasteiger partial charge is 0.172 e. The highest BCUT2D eigenvalue weighted by Crippen LogP contribution is 2.15. The monoisotopic (exact) mass is 224 g/mol. The highest BCUT2D eigenvalue weighted by atomic mass is 32.2. The minimum absolute atomic E-state index is 0.177. The van der Waals surface area contributed by atoms with Gasteiger partial charge in [-0.05, 0) is 29.5 Å². The molecule has 0 saturated heterocycles. The Labute approximate surface area is 95.0 Å². The van der Waals surface area contributed by atoms with Crippen molar-refractivity contribution in [1.82, 2.24) is 0 Å². The normalized spacial score (nSPS) is 10.4. The van der Waals surface area contributed by atoms with Gasteiger partial charge in [-0.25, -0.2) is 0 Å². The number of hydrogen-bond acceptors (Lipinski definition) is 3. The molecule has 1 aromatic rings. The molecule has 2 nitrogen and oxygen atoms in total. The number of Topliss-reactive ketones (excluding diaryl/α,β-unsaturated/α-hetero) is 1. The molecule has 0 N–H and O–H groups in total. The largest absolute Gasteiger partial charge is 0.497 e. The van der Waals surface area contributed by atoms with Crippen molar-refractivity contribution in [3.05, 3.63) is 29.8 Å². The van der Waals surface area contributed by atoms with Crippen LogP contribution in [0.25, 0.3) is 0 Å². The summed E-state index contributed by atoms with van der Waals surface area (Å²) in [6.07, 6.45) is 0. The number of benzene rings is 1. The Kier molecular flexibility index (Phi) is 4.69. The third-order valence-corrected chi connectivity index (χ3v) is 3.06. The summed E-state index contributed by atoms with van der Waals surface area (Å²) in [5.74, 6) is 1.50. The molecule has 15 heavy (non-hydrogen) atoms.